The van der Waals surface area contributed by atoms with Gasteiger partial charge in [0.05, 0.1) is 17.3 Å². The van der Waals surface area contributed by atoms with Gasteiger partial charge in [0, 0.05) is 5.71 Å². The van der Waals surface area contributed by atoms with Crippen molar-refractivity contribution in [1.29, 1.82) is 5.26 Å². The Kier molecular flexibility index (Phi) is 5.06. The molecule has 2 rings (SSSR count). The zero-order chi connectivity index (χ0) is 15.1. The van der Waals surface area contributed by atoms with Gasteiger partial charge >= 0.3 is 0 Å². The molecule has 0 atom stereocenters. The predicted molar refractivity (Wildman–Crippen MR) is 88.8 cm³/mol. The summed E-state index contributed by atoms with van der Waals surface area (Å²) in [5.41, 5.74) is 4.73. The fourth-order valence-corrected chi connectivity index (χ4v) is 1.94. The van der Waals surface area contributed by atoms with Crippen molar-refractivity contribution in [3.63, 3.8) is 0 Å². The van der Waals surface area contributed by atoms with E-state index >= 15 is 0 Å². The van der Waals surface area contributed by atoms with Crippen molar-refractivity contribution in [3.05, 3.63) is 71.3 Å². The average molecular weight is 274 g/mol. The van der Waals surface area contributed by atoms with Crippen molar-refractivity contribution in [3.8, 4) is 6.07 Å². The summed E-state index contributed by atoms with van der Waals surface area (Å²) < 4.78 is 0. The van der Waals surface area contributed by atoms with E-state index in [0.29, 0.717) is 5.56 Å². The van der Waals surface area contributed by atoms with Crippen molar-refractivity contribution in [2.24, 2.45) is 4.99 Å². The molecule has 2 nitrogen and oxygen atoms in total. The fourth-order valence-electron chi connectivity index (χ4n) is 1.94. The highest BCUT2D eigenvalue weighted by Gasteiger charge is 2.00. The van der Waals surface area contributed by atoms with Crippen molar-refractivity contribution in [2.45, 2.75) is 20.3 Å². The maximum absolute atomic E-state index is 8.98. The third-order valence-electron chi connectivity index (χ3n) is 3.23. The van der Waals surface area contributed by atoms with Crippen LogP contribution in [0.4, 0.5) is 5.69 Å². The molecule has 2 heteroatoms. The first-order valence-electron chi connectivity index (χ1n) is 7.04. The summed E-state index contributed by atoms with van der Waals surface area (Å²) >= 11 is 0. The van der Waals surface area contributed by atoms with E-state index in [9.17, 15) is 0 Å². The highest BCUT2D eigenvalue weighted by atomic mass is 14.7. The molecule has 0 N–H and O–H groups in total. The monoisotopic (exact) mass is 274 g/mol. The standard InChI is InChI=1S/C19H18N2/c1-3-18(12-11-16-7-5-4-6-8-16)21-19-13-17(14-20)10-9-15(19)2/h4-13H,3H2,1-2H3/b12-11-,21-18-. The van der Waals surface area contributed by atoms with E-state index < -0.39 is 0 Å². The topological polar surface area (TPSA) is 36.1 Å². The van der Waals surface area contributed by atoms with E-state index in [2.05, 4.69) is 36.2 Å². The summed E-state index contributed by atoms with van der Waals surface area (Å²) in [6.07, 6.45) is 4.94. The van der Waals surface area contributed by atoms with Crippen LogP contribution in [0.5, 0.6) is 0 Å². The van der Waals surface area contributed by atoms with Gasteiger partial charge in [-0.2, -0.15) is 5.26 Å². The van der Waals surface area contributed by atoms with E-state index in [1.165, 1.54) is 0 Å². The molecular weight excluding hydrogens is 256 g/mol. The number of rotatable bonds is 4. The Balaban J connectivity index is 2.29. The van der Waals surface area contributed by atoms with Crippen molar-refractivity contribution in [2.75, 3.05) is 0 Å². The van der Waals surface area contributed by atoms with Crippen LogP contribution in [0, 0.1) is 18.3 Å². The smallest absolute Gasteiger partial charge is 0.0992 e. The van der Waals surface area contributed by atoms with Gasteiger partial charge in [0.1, 0.15) is 0 Å². The molecule has 0 fully saturated rings. The maximum Gasteiger partial charge on any atom is 0.0992 e. The van der Waals surface area contributed by atoms with E-state index in [4.69, 9.17) is 5.26 Å². The molecule has 0 aromatic heterocycles. The Morgan fingerprint density at radius 2 is 1.95 bits per heavy atom. The van der Waals surface area contributed by atoms with Gasteiger partial charge in [-0.15, -0.1) is 0 Å². The summed E-state index contributed by atoms with van der Waals surface area (Å²) in [5, 5.41) is 8.98. The lowest BCUT2D eigenvalue weighted by Gasteiger charge is -2.03. The molecule has 0 bridgehead atoms. The van der Waals surface area contributed by atoms with Crippen LogP contribution in [0.3, 0.4) is 0 Å². The summed E-state index contributed by atoms with van der Waals surface area (Å²) in [5.74, 6) is 0. The summed E-state index contributed by atoms with van der Waals surface area (Å²) in [4.78, 5) is 4.68. The van der Waals surface area contributed by atoms with Crippen molar-refractivity contribution < 1.29 is 0 Å². The molecule has 0 aliphatic heterocycles. The molecule has 0 unspecified atom stereocenters. The first kappa shape index (κ1) is 14.7. The summed E-state index contributed by atoms with van der Waals surface area (Å²) in [6.45, 7) is 4.09. The molecule has 0 spiro atoms. The average Bonchev–Trinajstić information content (AvgIpc) is 2.54. The van der Waals surface area contributed by atoms with Gasteiger partial charge in [0.2, 0.25) is 0 Å². The normalized spacial score (nSPS) is 11.6. The number of allylic oxidation sites excluding steroid dienone is 1. The second-order valence-electron chi connectivity index (χ2n) is 4.81. The second kappa shape index (κ2) is 7.21. The minimum atomic E-state index is 0.641. The van der Waals surface area contributed by atoms with Crippen molar-refractivity contribution in [1.82, 2.24) is 0 Å². The van der Waals surface area contributed by atoms with Crippen LogP contribution >= 0.6 is 0 Å². The van der Waals surface area contributed by atoms with Gasteiger partial charge in [-0.3, -0.25) is 4.99 Å². The van der Waals surface area contributed by atoms with Crippen LogP contribution in [0.15, 0.2) is 59.6 Å². The number of nitriles is 1. The van der Waals surface area contributed by atoms with Crippen molar-refractivity contribution >= 4 is 17.5 Å². The SMILES string of the molecule is CCC(/C=C\c1ccccc1)=N/c1cc(C#N)ccc1C. The Morgan fingerprint density at radius 3 is 2.62 bits per heavy atom. The van der Waals surface area contributed by atoms with Gasteiger partial charge in [-0.1, -0.05) is 49.4 Å². The molecule has 104 valence electrons. The van der Waals surface area contributed by atoms with Crippen LogP contribution in [0.1, 0.15) is 30.0 Å². The zero-order valence-electron chi connectivity index (χ0n) is 12.4. The summed E-state index contributed by atoms with van der Waals surface area (Å²) in [7, 11) is 0. The Bertz CT molecular complexity index is 704. The maximum atomic E-state index is 8.98. The summed E-state index contributed by atoms with van der Waals surface area (Å²) in [6, 6.07) is 17.9. The molecule has 0 aliphatic rings. The van der Waals surface area contributed by atoms with Gasteiger partial charge in [-0.05, 0) is 42.7 Å². The Morgan fingerprint density at radius 1 is 1.19 bits per heavy atom. The highest BCUT2D eigenvalue weighted by molar-refractivity contribution is 5.99. The van der Waals surface area contributed by atoms with Gasteiger partial charge in [0.25, 0.3) is 0 Å². The quantitative estimate of drug-likeness (QED) is 0.717. The number of aryl methyl sites for hydroxylation is 1. The van der Waals surface area contributed by atoms with E-state index in [0.717, 1.165) is 28.9 Å². The van der Waals surface area contributed by atoms with Crippen LogP contribution in [0.2, 0.25) is 0 Å². The molecule has 2 aromatic carbocycles. The third kappa shape index (κ3) is 4.15. The zero-order valence-corrected chi connectivity index (χ0v) is 12.4. The van der Waals surface area contributed by atoms with Gasteiger partial charge in [0.15, 0.2) is 0 Å². The molecular formula is C19H18N2. The molecule has 2 aromatic rings. The van der Waals surface area contributed by atoms with E-state index in [1.54, 1.807) is 0 Å². The van der Waals surface area contributed by atoms with Crippen LogP contribution < -0.4 is 0 Å². The molecule has 0 radical (unpaired) electrons. The Hall–Kier alpha value is -2.66. The molecule has 0 aliphatic carbocycles. The lowest BCUT2D eigenvalue weighted by atomic mass is 10.1. The molecule has 0 saturated carbocycles. The molecule has 21 heavy (non-hydrogen) atoms. The van der Waals surface area contributed by atoms with Crippen LogP contribution in [-0.2, 0) is 0 Å². The fraction of sp³-hybridized carbons (Fsp3) is 0.158. The van der Waals surface area contributed by atoms with Crippen LogP contribution in [0.25, 0.3) is 6.08 Å². The van der Waals surface area contributed by atoms with Crippen LogP contribution in [-0.4, -0.2) is 5.71 Å². The second-order valence-corrected chi connectivity index (χ2v) is 4.81. The Labute approximate surface area is 126 Å². The van der Waals surface area contributed by atoms with E-state index in [1.807, 2.05) is 49.4 Å². The number of nitrogens with zero attached hydrogens (tertiary/aromatic N) is 2. The largest absolute Gasteiger partial charge is 0.253 e. The van der Waals surface area contributed by atoms with E-state index in [-0.39, 0.29) is 0 Å². The molecule has 0 saturated heterocycles. The number of aliphatic imine (C=N–C) groups is 1. The molecule has 0 heterocycles. The lowest BCUT2D eigenvalue weighted by molar-refractivity contribution is 1.27. The predicted octanol–water partition coefficient (Wildman–Crippen LogP) is 5.06. The first-order chi connectivity index (χ1) is 10.2. The highest BCUT2D eigenvalue weighted by Crippen LogP contribution is 2.21. The van der Waals surface area contributed by atoms with Gasteiger partial charge < -0.3 is 0 Å². The number of benzene rings is 2. The number of hydrogen-bond donors (Lipinski definition) is 0. The third-order valence-corrected chi connectivity index (χ3v) is 3.23. The molecule has 0 amide bonds. The lowest BCUT2D eigenvalue weighted by Crippen LogP contribution is -1.90. The van der Waals surface area contributed by atoms with Gasteiger partial charge in [-0.25, -0.2) is 0 Å². The minimum Gasteiger partial charge on any atom is -0.253 e. The minimum absolute atomic E-state index is 0.641. The number of hydrogen-bond acceptors (Lipinski definition) is 2. The first-order valence-corrected chi connectivity index (χ1v) is 7.04.